The third-order valence-corrected chi connectivity index (χ3v) is 9.17. The second kappa shape index (κ2) is 9.62. The minimum atomic E-state index is -4.38. The molecule has 3 fully saturated rings. The number of amides is 1. The fourth-order valence-electron chi connectivity index (χ4n) is 6.74. The average molecular weight is 582 g/mol. The molecule has 0 radical (unpaired) electrons. The molecule has 3 aliphatic rings. The number of hydrogen-bond acceptors (Lipinski definition) is 6. The zero-order chi connectivity index (χ0) is 29.5. The van der Waals surface area contributed by atoms with Gasteiger partial charge in [0.1, 0.15) is 28.8 Å². The molecular formula is C30H34F3N7O2. The monoisotopic (exact) mass is 581 g/mol. The van der Waals surface area contributed by atoms with Crippen LogP contribution in [0.1, 0.15) is 55.1 Å². The number of hydrogen-bond donors (Lipinski definition) is 2. The lowest BCUT2D eigenvalue weighted by Crippen LogP contribution is -2.40. The molecule has 12 heteroatoms. The van der Waals surface area contributed by atoms with Gasteiger partial charge in [0.2, 0.25) is 0 Å². The van der Waals surface area contributed by atoms with Crippen molar-refractivity contribution in [1.29, 1.82) is 0 Å². The van der Waals surface area contributed by atoms with Crippen LogP contribution in [0.4, 0.5) is 19.0 Å². The minimum Gasteiger partial charge on any atom is -0.482 e. The van der Waals surface area contributed by atoms with E-state index >= 15 is 0 Å². The van der Waals surface area contributed by atoms with Crippen LogP contribution in [0.15, 0.2) is 30.3 Å². The molecule has 0 aromatic carbocycles. The molecule has 4 aromatic heterocycles. The van der Waals surface area contributed by atoms with Crippen molar-refractivity contribution in [3.63, 3.8) is 0 Å². The lowest BCUT2D eigenvalue weighted by molar-refractivity contribution is -0.138. The van der Waals surface area contributed by atoms with Crippen LogP contribution < -0.4 is 15.8 Å². The van der Waals surface area contributed by atoms with E-state index in [0.717, 1.165) is 55.8 Å². The van der Waals surface area contributed by atoms with E-state index in [2.05, 4.69) is 14.9 Å². The highest BCUT2D eigenvalue weighted by Gasteiger charge is 2.47. The SMILES string of the molecule is COc1cc(C(=O)N2[C@H]3CC[C@@H]2[C@H](N)C3)cc2nc(-c3cc4ccc(N[C@H](C)C(F)(F)F)nc4n3CC3CC3)c(C)n12. The summed E-state index contributed by atoms with van der Waals surface area (Å²) >= 11 is 0. The highest BCUT2D eigenvalue weighted by Crippen LogP contribution is 2.40. The molecule has 2 bridgehead atoms. The molecule has 4 atom stereocenters. The van der Waals surface area contributed by atoms with E-state index in [-0.39, 0.29) is 29.9 Å². The second-order valence-corrected chi connectivity index (χ2v) is 12.0. The Labute approximate surface area is 240 Å². The van der Waals surface area contributed by atoms with Crippen LogP contribution in [-0.2, 0) is 6.54 Å². The van der Waals surface area contributed by atoms with Crippen molar-refractivity contribution in [2.24, 2.45) is 11.7 Å². The van der Waals surface area contributed by atoms with Crippen LogP contribution in [-0.4, -0.2) is 67.2 Å². The largest absolute Gasteiger partial charge is 0.482 e. The summed E-state index contributed by atoms with van der Waals surface area (Å²) < 4.78 is 49.4. The summed E-state index contributed by atoms with van der Waals surface area (Å²) in [6, 6.07) is 7.42. The van der Waals surface area contributed by atoms with Gasteiger partial charge in [-0.3, -0.25) is 9.20 Å². The smallest absolute Gasteiger partial charge is 0.408 e. The third kappa shape index (κ3) is 4.38. The maximum absolute atomic E-state index is 13.7. The van der Waals surface area contributed by atoms with Gasteiger partial charge < -0.3 is 25.3 Å². The van der Waals surface area contributed by atoms with Gasteiger partial charge in [-0.1, -0.05) is 0 Å². The summed E-state index contributed by atoms with van der Waals surface area (Å²) in [5.41, 5.74) is 10.4. The number of anilines is 1. The molecule has 1 saturated carbocycles. The summed E-state index contributed by atoms with van der Waals surface area (Å²) in [5.74, 6) is 1.09. The molecule has 1 aliphatic carbocycles. The standard InChI is InChI=1S/C30H34F3N7O2/c1-15-27(23-10-18-6-9-24(35-16(2)30(31,32)33)36-28(18)38(23)14-17-4-5-17)37-25-11-19(12-26(42-3)39(15)25)29(41)40-20-7-8-22(40)21(34)13-20/h6,9-12,16-17,20-22H,4-5,7-8,13-14,34H2,1-3H3,(H,35,36)/t16-,20+,21-,22-/m1/s1. The number of alkyl halides is 3. The van der Waals surface area contributed by atoms with Gasteiger partial charge >= 0.3 is 6.18 Å². The Kier molecular flexibility index (Phi) is 6.20. The number of rotatable bonds is 7. The van der Waals surface area contributed by atoms with Gasteiger partial charge in [0.25, 0.3) is 5.91 Å². The van der Waals surface area contributed by atoms with Gasteiger partial charge in [-0.25, -0.2) is 9.97 Å². The van der Waals surface area contributed by atoms with E-state index in [1.54, 1.807) is 31.4 Å². The number of aromatic nitrogens is 4. The first-order valence-corrected chi connectivity index (χ1v) is 14.5. The number of nitrogens with two attached hydrogens (primary N) is 1. The maximum Gasteiger partial charge on any atom is 0.408 e. The number of fused-ring (bicyclic) bond motifs is 4. The molecule has 3 N–H and O–H groups in total. The zero-order valence-corrected chi connectivity index (χ0v) is 23.8. The third-order valence-electron chi connectivity index (χ3n) is 9.17. The molecule has 2 aliphatic heterocycles. The Bertz CT molecular complexity index is 1710. The fraction of sp³-hybridized carbons (Fsp3) is 0.500. The summed E-state index contributed by atoms with van der Waals surface area (Å²) in [5, 5.41) is 3.31. The van der Waals surface area contributed by atoms with E-state index in [9.17, 15) is 18.0 Å². The molecular weight excluding hydrogens is 547 g/mol. The van der Waals surface area contributed by atoms with Crippen molar-refractivity contribution in [2.75, 3.05) is 12.4 Å². The number of methoxy groups -OCH3 is 1. The number of nitrogens with one attached hydrogen (secondary N) is 1. The number of ether oxygens (including phenoxy) is 1. The van der Waals surface area contributed by atoms with Crippen LogP contribution in [0, 0.1) is 12.8 Å². The number of halogens is 3. The Morgan fingerprint density at radius 1 is 1.17 bits per heavy atom. The molecule has 0 spiro atoms. The highest BCUT2D eigenvalue weighted by molar-refractivity contribution is 5.97. The first-order chi connectivity index (χ1) is 20.0. The molecule has 0 unspecified atom stereocenters. The number of carbonyl (C=O) groups is 1. The maximum atomic E-state index is 13.7. The van der Waals surface area contributed by atoms with E-state index in [1.165, 1.54) is 0 Å². The normalized spacial score (nSPS) is 22.8. The van der Waals surface area contributed by atoms with E-state index < -0.39 is 12.2 Å². The molecule has 7 rings (SSSR count). The minimum absolute atomic E-state index is 0.00739. The molecule has 1 amide bonds. The van der Waals surface area contributed by atoms with Crippen molar-refractivity contribution in [3.05, 3.63) is 41.6 Å². The predicted octanol–water partition coefficient (Wildman–Crippen LogP) is 5.14. The lowest BCUT2D eigenvalue weighted by Gasteiger charge is -2.23. The quantitative estimate of drug-likeness (QED) is 0.313. The molecule has 222 valence electrons. The molecule has 42 heavy (non-hydrogen) atoms. The average Bonchev–Trinajstić information content (AvgIpc) is 3.27. The number of pyridine rings is 2. The van der Waals surface area contributed by atoms with Crippen molar-refractivity contribution in [2.45, 2.75) is 82.8 Å². The Morgan fingerprint density at radius 3 is 2.60 bits per heavy atom. The van der Waals surface area contributed by atoms with Crippen LogP contribution in [0.5, 0.6) is 5.88 Å². The van der Waals surface area contributed by atoms with Crippen LogP contribution in [0.25, 0.3) is 28.1 Å². The molecule has 2 saturated heterocycles. The van der Waals surface area contributed by atoms with E-state index in [0.29, 0.717) is 40.9 Å². The van der Waals surface area contributed by atoms with Gasteiger partial charge in [-0.05, 0) is 76.1 Å². The molecule has 6 heterocycles. The van der Waals surface area contributed by atoms with Gasteiger partial charge in [0.15, 0.2) is 5.88 Å². The fourth-order valence-corrected chi connectivity index (χ4v) is 6.74. The van der Waals surface area contributed by atoms with Crippen molar-refractivity contribution in [1.82, 2.24) is 23.8 Å². The van der Waals surface area contributed by atoms with Crippen molar-refractivity contribution >= 4 is 28.4 Å². The summed E-state index contributed by atoms with van der Waals surface area (Å²) in [7, 11) is 1.57. The van der Waals surface area contributed by atoms with E-state index in [1.807, 2.05) is 22.3 Å². The van der Waals surface area contributed by atoms with Gasteiger partial charge in [0, 0.05) is 41.7 Å². The number of carbonyl (C=O) groups excluding carboxylic acids is 1. The highest BCUT2D eigenvalue weighted by atomic mass is 19.4. The summed E-state index contributed by atoms with van der Waals surface area (Å²) in [6.45, 7) is 3.72. The van der Waals surface area contributed by atoms with Crippen molar-refractivity contribution in [3.8, 4) is 17.3 Å². The van der Waals surface area contributed by atoms with Gasteiger partial charge in [-0.15, -0.1) is 0 Å². The van der Waals surface area contributed by atoms with Crippen LogP contribution in [0.3, 0.4) is 0 Å². The Morgan fingerprint density at radius 2 is 1.95 bits per heavy atom. The summed E-state index contributed by atoms with van der Waals surface area (Å²) in [4.78, 5) is 25.2. The van der Waals surface area contributed by atoms with E-state index in [4.69, 9.17) is 15.5 Å². The second-order valence-electron chi connectivity index (χ2n) is 12.0. The summed E-state index contributed by atoms with van der Waals surface area (Å²) in [6.07, 6.45) is 0.526. The lowest BCUT2D eigenvalue weighted by atomic mass is 9.97. The van der Waals surface area contributed by atoms with Crippen LogP contribution >= 0.6 is 0 Å². The predicted molar refractivity (Wildman–Crippen MR) is 153 cm³/mol. The zero-order valence-electron chi connectivity index (χ0n) is 23.8. The first kappa shape index (κ1) is 27.1. The first-order valence-electron chi connectivity index (χ1n) is 14.5. The van der Waals surface area contributed by atoms with Crippen LogP contribution in [0.2, 0.25) is 0 Å². The topological polar surface area (TPSA) is 103 Å². The Hall–Kier alpha value is -3.80. The number of aryl methyl sites for hydroxylation is 1. The molecule has 9 nitrogen and oxygen atoms in total. The van der Waals surface area contributed by atoms with Crippen molar-refractivity contribution < 1.29 is 22.7 Å². The van der Waals surface area contributed by atoms with Gasteiger partial charge in [0.05, 0.1) is 18.5 Å². The Balaban J connectivity index is 1.31. The molecule has 4 aromatic rings. The number of nitrogens with zero attached hydrogens (tertiary/aromatic N) is 5. The van der Waals surface area contributed by atoms with Gasteiger partial charge in [-0.2, -0.15) is 13.2 Å². The number of imidazole rings is 1.